The summed E-state index contributed by atoms with van der Waals surface area (Å²) < 4.78 is 0. The standard InChI is InChI=1S/C12H14N2O/c1-12(15,8-13)11-7-14-6-9-4-2-3-5-10(9)11/h2-7,15H,8,13H2,1H3. The van der Waals surface area contributed by atoms with E-state index in [2.05, 4.69) is 4.98 Å². The van der Waals surface area contributed by atoms with Crippen molar-refractivity contribution in [2.24, 2.45) is 5.73 Å². The maximum atomic E-state index is 10.1. The molecule has 0 aliphatic carbocycles. The van der Waals surface area contributed by atoms with Crippen LogP contribution >= 0.6 is 0 Å². The van der Waals surface area contributed by atoms with E-state index in [4.69, 9.17) is 5.73 Å². The summed E-state index contributed by atoms with van der Waals surface area (Å²) in [4.78, 5) is 4.11. The summed E-state index contributed by atoms with van der Waals surface area (Å²) >= 11 is 0. The van der Waals surface area contributed by atoms with Crippen LogP contribution in [0.2, 0.25) is 0 Å². The lowest BCUT2D eigenvalue weighted by Gasteiger charge is -2.22. The zero-order valence-electron chi connectivity index (χ0n) is 8.64. The Bertz CT molecular complexity index is 475. The highest BCUT2D eigenvalue weighted by Crippen LogP contribution is 2.26. The number of rotatable bonds is 2. The molecule has 2 aromatic rings. The Kier molecular flexibility index (Phi) is 2.42. The first-order valence-electron chi connectivity index (χ1n) is 4.91. The first-order valence-corrected chi connectivity index (χ1v) is 4.91. The number of hydrogen-bond donors (Lipinski definition) is 2. The molecule has 1 unspecified atom stereocenters. The van der Waals surface area contributed by atoms with Gasteiger partial charge in [0.25, 0.3) is 0 Å². The minimum Gasteiger partial charge on any atom is -0.384 e. The van der Waals surface area contributed by atoms with Crippen LogP contribution < -0.4 is 5.73 Å². The van der Waals surface area contributed by atoms with Crippen molar-refractivity contribution in [3.05, 3.63) is 42.2 Å². The Balaban J connectivity index is 2.71. The molecular formula is C12H14N2O. The first kappa shape index (κ1) is 10.1. The lowest BCUT2D eigenvalue weighted by molar-refractivity contribution is 0.0681. The van der Waals surface area contributed by atoms with E-state index in [0.29, 0.717) is 0 Å². The number of hydrogen-bond acceptors (Lipinski definition) is 3. The first-order chi connectivity index (χ1) is 7.15. The second-order valence-corrected chi connectivity index (χ2v) is 3.89. The van der Waals surface area contributed by atoms with Gasteiger partial charge in [-0.3, -0.25) is 4.98 Å². The smallest absolute Gasteiger partial charge is 0.101 e. The third kappa shape index (κ3) is 1.71. The molecule has 0 amide bonds. The Morgan fingerprint density at radius 1 is 1.33 bits per heavy atom. The van der Waals surface area contributed by atoms with Gasteiger partial charge < -0.3 is 10.8 Å². The van der Waals surface area contributed by atoms with Crippen molar-refractivity contribution in [1.82, 2.24) is 4.98 Å². The number of pyridine rings is 1. The summed E-state index contributed by atoms with van der Waals surface area (Å²) in [5.74, 6) is 0. The molecule has 3 nitrogen and oxygen atoms in total. The molecule has 0 spiro atoms. The van der Waals surface area contributed by atoms with Crippen LogP contribution in [0.1, 0.15) is 12.5 Å². The summed E-state index contributed by atoms with van der Waals surface area (Å²) in [6, 6.07) is 7.83. The molecule has 0 fully saturated rings. The van der Waals surface area contributed by atoms with Crippen LogP contribution in [-0.4, -0.2) is 16.6 Å². The predicted octanol–water partition coefficient (Wildman–Crippen LogP) is 1.40. The Morgan fingerprint density at radius 2 is 2.07 bits per heavy atom. The average Bonchev–Trinajstić information content (AvgIpc) is 2.28. The quantitative estimate of drug-likeness (QED) is 0.774. The zero-order valence-corrected chi connectivity index (χ0v) is 8.64. The number of nitrogens with two attached hydrogens (primary N) is 1. The molecule has 3 heteroatoms. The number of fused-ring (bicyclic) bond motifs is 1. The van der Waals surface area contributed by atoms with Gasteiger partial charge >= 0.3 is 0 Å². The zero-order chi connectivity index (χ0) is 10.9. The lowest BCUT2D eigenvalue weighted by Crippen LogP contribution is -2.31. The molecule has 2 rings (SSSR count). The van der Waals surface area contributed by atoms with Crippen molar-refractivity contribution in [2.45, 2.75) is 12.5 Å². The van der Waals surface area contributed by atoms with Gasteiger partial charge in [-0.05, 0) is 12.3 Å². The van der Waals surface area contributed by atoms with E-state index in [1.807, 2.05) is 24.3 Å². The third-order valence-electron chi connectivity index (χ3n) is 2.65. The second-order valence-electron chi connectivity index (χ2n) is 3.89. The van der Waals surface area contributed by atoms with E-state index >= 15 is 0 Å². The molecule has 0 aliphatic rings. The topological polar surface area (TPSA) is 59.1 Å². The summed E-state index contributed by atoms with van der Waals surface area (Å²) in [5, 5.41) is 12.1. The maximum Gasteiger partial charge on any atom is 0.101 e. The molecule has 1 aromatic carbocycles. The van der Waals surface area contributed by atoms with Crippen molar-refractivity contribution < 1.29 is 5.11 Å². The highest BCUT2D eigenvalue weighted by atomic mass is 16.3. The van der Waals surface area contributed by atoms with Crippen LogP contribution in [0, 0.1) is 0 Å². The highest BCUT2D eigenvalue weighted by Gasteiger charge is 2.23. The Labute approximate surface area is 88.6 Å². The van der Waals surface area contributed by atoms with Crippen molar-refractivity contribution in [2.75, 3.05) is 6.54 Å². The van der Waals surface area contributed by atoms with Gasteiger partial charge in [-0.15, -0.1) is 0 Å². The minimum absolute atomic E-state index is 0.183. The molecule has 1 atom stereocenters. The normalized spacial score (nSPS) is 15.1. The molecule has 0 aliphatic heterocycles. The molecule has 0 radical (unpaired) electrons. The number of benzene rings is 1. The fourth-order valence-corrected chi connectivity index (χ4v) is 1.66. The molecule has 0 saturated carbocycles. The average molecular weight is 202 g/mol. The van der Waals surface area contributed by atoms with Gasteiger partial charge in [0.15, 0.2) is 0 Å². The van der Waals surface area contributed by atoms with Crippen molar-refractivity contribution in [3.63, 3.8) is 0 Å². The molecule has 0 saturated heterocycles. The van der Waals surface area contributed by atoms with Crippen LogP contribution in [0.25, 0.3) is 10.8 Å². The van der Waals surface area contributed by atoms with Gasteiger partial charge in [-0.1, -0.05) is 24.3 Å². The van der Waals surface area contributed by atoms with Crippen molar-refractivity contribution in [1.29, 1.82) is 0 Å². The van der Waals surface area contributed by atoms with Crippen molar-refractivity contribution in [3.8, 4) is 0 Å². The van der Waals surface area contributed by atoms with Crippen molar-refractivity contribution >= 4 is 10.8 Å². The largest absolute Gasteiger partial charge is 0.384 e. The lowest BCUT2D eigenvalue weighted by atomic mass is 9.93. The maximum absolute atomic E-state index is 10.1. The summed E-state index contributed by atoms with van der Waals surface area (Å²) in [6.45, 7) is 1.89. The van der Waals surface area contributed by atoms with Gasteiger partial charge in [-0.2, -0.15) is 0 Å². The van der Waals surface area contributed by atoms with Gasteiger partial charge in [0, 0.05) is 29.9 Å². The third-order valence-corrected chi connectivity index (χ3v) is 2.65. The molecule has 3 N–H and O–H groups in total. The van der Waals surface area contributed by atoms with E-state index in [9.17, 15) is 5.11 Å². The van der Waals surface area contributed by atoms with Crippen LogP contribution in [0.15, 0.2) is 36.7 Å². The Morgan fingerprint density at radius 3 is 2.80 bits per heavy atom. The summed E-state index contributed by atoms with van der Waals surface area (Å²) in [6.07, 6.45) is 3.46. The van der Waals surface area contributed by atoms with E-state index in [0.717, 1.165) is 16.3 Å². The molecular weight excluding hydrogens is 188 g/mol. The van der Waals surface area contributed by atoms with Crippen LogP contribution in [0.5, 0.6) is 0 Å². The fraction of sp³-hybridized carbons (Fsp3) is 0.250. The predicted molar refractivity (Wildman–Crippen MR) is 60.4 cm³/mol. The molecule has 78 valence electrons. The summed E-state index contributed by atoms with van der Waals surface area (Å²) in [7, 11) is 0. The number of nitrogens with zero attached hydrogens (tertiary/aromatic N) is 1. The van der Waals surface area contributed by atoms with Crippen LogP contribution in [0.3, 0.4) is 0 Å². The van der Waals surface area contributed by atoms with Gasteiger partial charge in [0.1, 0.15) is 5.60 Å². The van der Waals surface area contributed by atoms with Crippen LogP contribution in [0.4, 0.5) is 0 Å². The molecule has 0 bridgehead atoms. The van der Waals surface area contributed by atoms with Gasteiger partial charge in [-0.25, -0.2) is 0 Å². The van der Waals surface area contributed by atoms with E-state index < -0.39 is 5.60 Å². The molecule has 1 aromatic heterocycles. The van der Waals surface area contributed by atoms with Gasteiger partial charge in [0.05, 0.1) is 0 Å². The molecule has 15 heavy (non-hydrogen) atoms. The Hall–Kier alpha value is -1.45. The van der Waals surface area contributed by atoms with E-state index in [1.165, 1.54) is 0 Å². The molecule has 1 heterocycles. The fourth-order valence-electron chi connectivity index (χ4n) is 1.66. The number of aliphatic hydroxyl groups is 1. The summed E-state index contributed by atoms with van der Waals surface area (Å²) in [5.41, 5.74) is 5.31. The van der Waals surface area contributed by atoms with E-state index in [-0.39, 0.29) is 6.54 Å². The minimum atomic E-state index is -1.02. The number of aromatic nitrogens is 1. The second kappa shape index (κ2) is 3.61. The SMILES string of the molecule is CC(O)(CN)c1cncc2ccccc12. The van der Waals surface area contributed by atoms with Gasteiger partial charge in [0.2, 0.25) is 0 Å². The monoisotopic (exact) mass is 202 g/mol. The van der Waals surface area contributed by atoms with Crippen LogP contribution in [-0.2, 0) is 5.60 Å². The van der Waals surface area contributed by atoms with E-state index in [1.54, 1.807) is 19.3 Å². The highest BCUT2D eigenvalue weighted by molar-refractivity contribution is 5.85.